The molecule has 0 heterocycles. The van der Waals surface area contributed by atoms with Gasteiger partial charge in [0.15, 0.2) is 11.6 Å². The molecule has 0 atom stereocenters. The number of halogens is 1. The first-order valence-electron chi connectivity index (χ1n) is 5.38. The lowest BCUT2D eigenvalue weighted by Crippen LogP contribution is -2.42. The molecule has 1 saturated carbocycles. The Bertz CT molecular complexity index is 534. The second-order valence-corrected chi connectivity index (χ2v) is 4.40. The van der Waals surface area contributed by atoms with Gasteiger partial charge in [0.2, 0.25) is 0 Å². The van der Waals surface area contributed by atoms with Crippen molar-refractivity contribution in [1.82, 2.24) is 0 Å². The van der Waals surface area contributed by atoms with Gasteiger partial charge in [0.25, 0.3) is 0 Å². The highest BCUT2D eigenvalue weighted by atomic mass is 19.1. The number of carboxylic acids is 2. The summed E-state index contributed by atoms with van der Waals surface area (Å²) in [6, 6.07) is 1.93. The SMILES string of the molecule is O=C(O)c1cc(C2(C(=O)O)CCC2)cc(F)c1O. The van der Waals surface area contributed by atoms with Crippen LogP contribution in [0, 0.1) is 5.82 Å². The van der Waals surface area contributed by atoms with Crippen LogP contribution in [0.25, 0.3) is 0 Å². The van der Waals surface area contributed by atoms with Gasteiger partial charge in [0, 0.05) is 0 Å². The summed E-state index contributed by atoms with van der Waals surface area (Å²) in [4.78, 5) is 22.1. The fourth-order valence-electron chi connectivity index (χ4n) is 2.19. The highest BCUT2D eigenvalue weighted by molar-refractivity contribution is 5.92. The normalized spacial score (nSPS) is 16.9. The maximum atomic E-state index is 13.4. The van der Waals surface area contributed by atoms with Crippen LogP contribution in [0.5, 0.6) is 5.75 Å². The molecule has 1 aliphatic rings. The molecule has 0 amide bonds. The smallest absolute Gasteiger partial charge is 0.339 e. The Kier molecular flexibility index (Phi) is 2.73. The van der Waals surface area contributed by atoms with Gasteiger partial charge in [0.1, 0.15) is 5.56 Å². The number of hydrogen-bond acceptors (Lipinski definition) is 3. The van der Waals surface area contributed by atoms with Crippen LogP contribution < -0.4 is 0 Å². The number of phenols is 1. The van der Waals surface area contributed by atoms with Crippen LogP contribution in [0.4, 0.5) is 4.39 Å². The third kappa shape index (κ3) is 1.61. The molecule has 1 aliphatic carbocycles. The van der Waals surface area contributed by atoms with Crippen molar-refractivity contribution >= 4 is 11.9 Å². The van der Waals surface area contributed by atoms with E-state index in [2.05, 4.69) is 0 Å². The molecule has 0 aliphatic heterocycles. The highest BCUT2D eigenvalue weighted by Gasteiger charge is 2.46. The molecule has 0 unspecified atom stereocenters. The molecule has 96 valence electrons. The van der Waals surface area contributed by atoms with E-state index in [0.717, 1.165) is 12.1 Å². The van der Waals surface area contributed by atoms with Crippen molar-refractivity contribution in [1.29, 1.82) is 0 Å². The Morgan fingerprint density at radius 2 is 1.83 bits per heavy atom. The summed E-state index contributed by atoms with van der Waals surface area (Å²) in [5.74, 6) is -4.67. The van der Waals surface area contributed by atoms with Crippen molar-refractivity contribution in [3.05, 3.63) is 29.1 Å². The zero-order valence-corrected chi connectivity index (χ0v) is 9.31. The number of hydrogen-bond donors (Lipinski definition) is 3. The van der Waals surface area contributed by atoms with E-state index in [-0.39, 0.29) is 5.56 Å². The average Bonchev–Trinajstić information content (AvgIpc) is 2.20. The minimum atomic E-state index is -1.49. The number of rotatable bonds is 3. The van der Waals surface area contributed by atoms with Crippen molar-refractivity contribution in [3.63, 3.8) is 0 Å². The van der Waals surface area contributed by atoms with E-state index in [1.54, 1.807) is 0 Å². The number of carboxylic acid groups (broad SMARTS) is 2. The molecular formula is C12H11FO5. The Hall–Kier alpha value is -2.11. The maximum Gasteiger partial charge on any atom is 0.339 e. The number of aromatic carboxylic acids is 1. The summed E-state index contributed by atoms with van der Waals surface area (Å²) in [6.45, 7) is 0. The van der Waals surface area contributed by atoms with Crippen molar-refractivity contribution in [2.75, 3.05) is 0 Å². The molecule has 1 aromatic rings. The van der Waals surface area contributed by atoms with Crippen LogP contribution in [0.1, 0.15) is 35.2 Å². The lowest BCUT2D eigenvalue weighted by atomic mass is 9.64. The van der Waals surface area contributed by atoms with Crippen LogP contribution >= 0.6 is 0 Å². The molecular weight excluding hydrogens is 243 g/mol. The van der Waals surface area contributed by atoms with Crippen LogP contribution in [0.2, 0.25) is 0 Å². The zero-order valence-electron chi connectivity index (χ0n) is 9.31. The average molecular weight is 254 g/mol. The molecule has 3 N–H and O–H groups in total. The van der Waals surface area contributed by atoms with Crippen molar-refractivity contribution in [2.45, 2.75) is 24.7 Å². The molecule has 5 nitrogen and oxygen atoms in total. The lowest BCUT2D eigenvalue weighted by Gasteiger charge is -2.38. The first kappa shape index (κ1) is 12.3. The molecule has 0 saturated heterocycles. The first-order chi connectivity index (χ1) is 8.38. The second kappa shape index (κ2) is 3.97. The first-order valence-corrected chi connectivity index (χ1v) is 5.38. The summed E-state index contributed by atoms with van der Waals surface area (Å²) >= 11 is 0. The minimum Gasteiger partial charge on any atom is -0.504 e. The van der Waals surface area contributed by atoms with Gasteiger partial charge in [-0.3, -0.25) is 4.79 Å². The van der Waals surface area contributed by atoms with Gasteiger partial charge < -0.3 is 15.3 Å². The lowest BCUT2D eigenvalue weighted by molar-refractivity contribution is -0.147. The monoisotopic (exact) mass is 254 g/mol. The molecule has 0 spiro atoms. The highest BCUT2D eigenvalue weighted by Crippen LogP contribution is 2.45. The molecule has 0 aromatic heterocycles. The molecule has 18 heavy (non-hydrogen) atoms. The molecule has 1 aromatic carbocycles. The molecule has 6 heteroatoms. The number of benzene rings is 1. The van der Waals surface area contributed by atoms with E-state index in [1.807, 2.05) is 0 Å². The molecule has 1 fully saturated rings. The third-order valence-electron chi connectivity index (χ3n) is 3.46. The Morgan fingerprint density at radius 1 is 1.22 bits per heavy atom. The van der Waals surface area contributed by atoms with Gasteiger partial charge in [-0.25, -0.2) is 9.18 Å². The second-order valence-electron chi connectivity index (χ2n) is 4.40. The summed E-state index contributed by atoms with van der Waals surface area (Å²) in [5.41, 5.74) is -1.75. The quantitative estimate of drug-likeness (QED) is 0.763. The van der Waals surface area contributed by atoms with Gasteiger partial charge in [-0.2, -0.15) is 0 Å². The van der Waals surface area contributed by atoms with Crippen LogP contribution in [0.15, 0.2) is 12.1 Å². The van der Waals surface area contributed by atoms with Crippen LogP contribution in [-0.4, -0.2) is 27.3 Å². The van der Waals surface area contributed by atoms with Crippen molar-refractivity contribution in [2.24, 2.45) is 0 Å². The van der Waals surface area contributed by atoms with Crippen molar-refractivity contribution in [3.8, 4) is 5.75 Å². The predicted molar refractivity (Wildman–Crippen MR) is 58.2 cm³/mol. The third-order valence-corrected chi connectivity index (χ3v) is 3.46. The number of carbonyl (C=O) groups is 2. The summed E-state index contributed by atoms with van der Waals surface area (Å²) < 4.78 is 13.4. The summed E-state index contributed by atoms with van der Waals surface area (Å²) in [6.07, 6.45) is 1.37. The van der Waals surface area contributed by atoms with Gasteiger partial charge in [0.05, 0.1) is 5.41 Å². The van der Waals surface area contributed by atoms with E-state index in [1.165, 1.54) is 0 Å². The van der Waals surface area contributed by atoms with Gasteiger partial charge in [-0.1, -0.05) is 6.42 Å². The van der Waals surface area contributed by atoms with Crippen LogP contribution in [-0.2, 0) is 10.2 Å². The van der Waals surface area contributed by atoms with E-state index >= 15 is 0 Å². The molecule has 0 bridgehead atoms. The summed E-state index contributed by atoms with van der Waals surface area (Å²) in [7, 11) is 0. The zero-order chi connectivity index (χ0) is 13.5. The van der Waals surface area contributed by atoms with E-state index in [4.69, 9.17) is 5.11 Å². The Labute approximate surface area is 101 Å². The Morgan fingerprint density at radius 3 is 2.22 bits per heavy atom. The van der Waals surface area contributed by atoms with Gasteiger partial charge in [-0.15, -0.1) is 0 Å². The van der Waals surface area contributed by atoms with E-state index in [9.17, 15) is 24.2 Å². The maximum absolute atomic E-state index is 13.4. The largest absolute Gasteiger partial charge is 0.504 e. The number of aromatic hydroxyl groups is 1. The van der Waals surface area contributed by atoms with Gasteiger partial charge in [-0.05, 0) is 30.5 Å². The predicted octanol–water partition coefficient (Wildman–Crippen LogP) is 1.74. The minimum absolute atomic E-state index is 0.0916. The van der Waals surface area contributed by atoms with E-state index in [0.29, 0.717) is 19.3 Å². The van der Waals surface area contributed by atoms with Gasteiger partial charge >= 0.3 is 11.9 Å². The fourth-order valence-corrected chi connectivity index (χ4v) is 2.19. The molecule has 0 radical (unpaired) electrons. The van der Waals surface area contributed by atoms with Crippen LogP contribution in [0.3, 0.4) is 0 Å². The number of aliphatic carboxylic acids is 1. The van der Waals surface area contributed by atoms with Crippen molar-refractivity contribution < 1.29 is 29.3 Å². The summed E-state index contributed by atoms with van der Waals surface area (Å²) in [5, 5.41) is 27.3. The Balaban J connectivity index is 2.59. The fraction of sp³-hybridized carbons (Fsp3) is 0.333. The molecule has 2 rings (SSSR count). The van der Waals surface area contributed by atoms with E-state index < -0.39 is 34.5 Å². The standard InChI is InChI=1S/C12H11FO5/c13-8-5-6(4-7(9(8)14)10(15)16)12(11(17)18)2-1-3-12/h4-5,14H,1-3H2,(H,15,16)(H,17,18). The topological polar surface area (TPSA) is 94.8 Å².